The van der Waals surface area contributed by atoms with Crippen LogP contribution in [0, 0.1) is 5.41 Å². The highest BCUT2D eigenvalue weighted by molar-refractivity contribution is 7.61. The van der Waals surface area contributed by atoms with Crippen LogP contribution in [0.1, 0.15) is 39.8 Å². The highest BCUT2D eigenvalue weighted by Crippen LogP contribution is 2.61. The molecular weight excluding hydrogens is 739 g/mol. The minimum atomic E-state index is -5.56. The molecule has 1 aliphatic rings. The third kappa shape index (κ3) is 11.9. The van der Waals surface area contributed by atoms with Gasteiger partial charge in [0.25, 0.3) is 0 Å². The van der Waals surface area contributed by atoms with Gasteiger partial charge in [-0.2, -0.15) is 4.31 Å². The summed E-state index contributed by atoms with van der Waals surface area (Å²) in [5.41, 5.74) is 4.25. The number of hydrogen-bond acceptors (Lipinski definition) is 17. The number of anilines is 1. The lowest BCUT2D eigenvalue weighted by Crippen LogP contribution is -2.46. The first kappa shape index (κ1) is 41.6. The van der Waals surface area contributed by atoms with Crippen LogP contribution in [0.3, 0.4) is 0 Å². The van der Waals surface area contributed by atoms with Crippen molar-refractivity contribution in [3.8, 4) is 0 Å². The van der Waals surface area contributed by atoms with Gasteiger partial charge in [-0.1, -0.05) is 13.8 Å². The van der Waals surface area contributed by atoms with E-state index in [1.165, 1.54) is 20.8 Å². The summed E-state index contributed by atoms with van der Waals surface area (Å²) in [5, 5.41) is 26.0. The molecule has 7 atom stereocenters. The van der Waals surface area contributed by atoms with E-state index >= 15 is 0 Å². The van der Waals surface area contributed by atoms with Crippen molar-refractivity contribution in [2.45, 2.75) is 64.3 Å². The summed E-state index contributed by atoms with van der Waals surface area (Å²) >= 11 is 0. The first-order valence-corrected chi connectivity index (χ1v) is 18.9. The SMILES string of the molecule is CC(=O)CCNC(=O)CCNC(=O)C(O)C(C)(C)COP(=O)(O)OP(=O)(O)OCC1OC(n2cnc3c(N)ncnc32)C(O)C1OP(=O)(O)O. The maximum atomic E-state index is 12.6. The average Bonchev–Trinajstić information content (AvgIpc) is 3.54. The number of carbonyl (C=O) groups is 3. The molecule has 10 N–H and O–H groups in total. The molecule has 2 amide bonds. The molecule has 50 heavy (non-hydrogen) atoms. The number of ether oxygens (including phenoxy) is 1. The predicted octanol–water partition coefficient (Wildman–Crippen LogP) is -1.62. The number of ketones is 1. The molecule has 0 bridgehead atoms. The minimum absolute atomic E-state index is 0.0305. The topological polar surface area (TPSA) is 364 Å². The summed E-state index contributed by atoms with van der Waals surface area (Å²) < 4.78 is 61.7. The van der Waals surface area contributed by atoms with Crippen LogP contribution in [-0.4, -0.2) is 118 Å². The highest BCUT2D eigenvalue weighted by atomic mass is 31.3. The lowest BCUT2D eigenvalue weighted by atomic mass is 9.87. The van der Waals surface area contributed by atoms with Gasteiger partial charge in [-0.15, -0.1) is 0 Å². The van der Waals surface area contributed by atoms with Crippen molar-refractivity contribution in [1.82, 2.24) is 30.2 Å². The van der Waals surface area contributed by atoms with Gasteiger partial charge >= 0.3 is 23.5 Å². The summed E-state index contributed by atoms with van der Waals surface area (Å²) in [4.78, 5) is 85.8. The number of hydrogen-bond donors (Lipinski definition) is 9. The fourth-order valence-corrected chi connectivity index (χ4v) is 7.15. The Balaban J connectivity index is 1.57. The molecule has 0 aromatic carbocycles. The maximum Gasteiger partial charge on any atom is 0.481 e. The number of aromatic nitrogens is 4. The van der Waals surface area contributed by atoms with Crippen LogP contribution in [0.2, 0.25) is 0 Å². The van der Waals surface area contributed by atoms with E-state index in [1.807, 2.05) is 0 Å². The third-order valence-corrected chi connectivity index (χ3v) is 9.98. The zero-order valence-corrected chi connectivity index (χ0v) is 29.3. The molecule has 27 heteroatoms. The molecule has 2 aromatic heterocycles. The molecule has 7 unspecified atom stereocenters. The Bertz CT molecular complexity index is 1690. The molecule has 2 aromatic rings. The average molecular weight is 778 g/mol. The number of Topliss-reactive ketones (excluding diaryl/α,β-unsaturated/α-hetero) is 1. The van der Waals surface area contributed by atoms with E-state index in [4.69, 9.17) is 19.5 Å². The number of nitrogen functional groups attached to an aromatic ring is 1. The molecule has 1 fully saturated rings. The van der Waals surface area contributed by atoms with Crippen molar-refractivity contribution in [2.75, 3.05) is 32.0 Å². The molecular formula is C23H38N7O17P3. The summed E-state index contributed by atoms with van der Waals surface area (Å²) in [6.07, 6.45) is -6.78. The van der Waals surface area contributed by atoms with Gasteiger partial charge in [0.15, 0.2) is 17.7 Å². The van der Waals surface area contributed by atoms with Gasteiger partial charge in [0.2, 0.25) is 11.8 Å². The fourth-order valence-electron chi connectivity index (χ4n) is 4.32. The second-order valence-corrected chi connectivity index (χ2v) is 15.8. The van der Waals surface area contributed by atoms with Crippen LogP contribution in [0.4, 0.5) is 5.82 Å². The molecule has 3 heterocycles. The number of carbonyl (C=O) groups excluding carboxylic acids is 3. The zero-order chi connectivity index (χ0) is 37.7. The Kier molecular flexibility index (Phi) is 13.9. The summed E-state index contributed by atoms with van der Waals surface area (Å²) in [6, 6.07) is 0. The van der Waals surface area contributed by atoms with Crippen LogP contribution in [0.15, 0.2) is 12.7 Å². The Labute approximate surface area is 283 Å². The van der Waals surface area contributed by atoms with E-state index in [9.17, 15) is 57.9 Å². The highest BCUT2D eigenvalue weighted by Gasteiger charge is 2.50. The first-order chi connectivity index (χ1) is 23.0. The van der Waals surface area contributed by atoms with Gasteiger partial charge < -0.3 is 50.9 Å². The molecule has 282 valence electrons. The number of nitrogens with two attached hydrogens (primary N) is 1. The number of phosphoric ester groups is 3. The molecule has 3 rings (SSSR count). The van der Waals surface area contributed by atoms with Crippen molar-refractivity contribution in [3.05, 3.63) is 12.7 Å². The maximum absolute atomic E-state index is 12.6. The molecule has 24 nitrogen and oxygen atoms in total. The standard InChI is InChI=1S/C23H38N7O17P3/c1-12(31)4-6-25-14(32)5-7-26-21(35)18(34)23(2,3)9-44-50(41,42)47-49(39,40)43-8-13-17(46-48(36,37)38)16(33)22(45-13)30-11-29-15-19(24)27-10-28-20(15)30/h10-11,13,16-18,22,33-34H,4-9H2,1-3H3,(H,25,32)(H,26,35)(H,39,40)(H,41,42)(H2,24,27,28)(H2,36,37,38). The van der Waals surface area contributed by atoms with Gasteiger partial charge in [0.05, 0.1) is 19.5 Å². The van der Waals surface area contributed by atoms with Crippen molar-refractivity contribution in [1.29, 1.82) is 0 Å². The van der Waals surface area contributed by atoms with E-state index < -0.39 is 84.6 Å². The van der Waals surface area contributed by atoms with Gasteiger partial charge in [-0.3, -0.25) is 32.5 Å². The van der Waals surface area contributed by atoms with Gasteiger partial charge in [0.1, 0.15) is 42.0 Å². The molecule has 0 aliphatic carbocycles. The lowest BCUT2D eigenvalue weighted by molar-refractivity contribution is -0.137. The second kappa shape index (κ2) is 16.7. The molecule has 0 saturated carbocycles. The molecule has 0 radical (unpaired) electrons. The third-order valence-electron chi connectivity index (χ3n) is 6.88. The number of nitrogens with one attached hydrogen (secondary N) is 2. The van der Waals surface area contributed by atoms with Gasteiger partial charge in [-0.05, 0) is 6.92 Å². The summed E-state index contributed by atoms with van der Waals surface area (Å²) in [5.74, 6) is -1.62. The van der Waals surface area contributed by atoms with Gasteiger partial charge in [-0.25, -0.2) is 28.6 Å². The normalized spacial score (nSPS) is 22.8. The van der Waals surface area contributed by atoms with E-state index in [0.717, 1.165) is 17.2 Å². The minimum Gasteiger partial charge on any atom is -0.386 e. The number of phosphoric acid groups is 3. The Morgan fingerprint density at radius 3 is 2.32 bits per heavy atom. The second-order valence-electron chi connectivity index (χ2n) is 11.5. The van der Waals surface area contributed by atoms with Crippen molar-refractivity contribution < 1.29 is 80.5 Å². The number of imidazole rings is 1. The van der Waals surface area contributed by atoms with Crippen molar-refractivity contribution in [2.24, 2.45) is 5.41 Å². The number of aliphatic hydroxyl groups excluding tert-OH is 2. The largest absolute Gasteiger partial charge is 0.481 e. The van der Waals surface area contributed by atoms with E-state index in [0.29, 0.717) is 0 Å². The fraction of sp³-hybridized carbons (Fsp3) is 0.652. The number of fused-ring (bicyclic) bond motifs is 1. The number of aliphatic hydroxyl groups is 2. The lowest BCUT2D eigenvalue weighted by Gasteiger charge is -2.30. The molecule has 1 aliphatic heterocycles. The predicted molar refractivity (Wildman–Crippen MR) is 165 cm³/mol. The smallest absolute Gasteiger partial charge is 0.386 e. The van der Waals surface area contributed by atoms with E-state index in [-0.39, 0.29) is 48.7 Å². The molecule has 1 saturated heterocycles. The van der Waals surface area contributed by atoms with Crippen LogP contribution >= 0.6 is 23.5 Å². The first-order valence-electron chi connectivity index (χ1n) is 14.4. The Morgan fingerprint density at radius 2 is 1.68 bits per heavy atom. The van der Waals surface area contributed by atoms with Crippen molar-refractivity contribution >= 4 is 58.0 Å². The number of amides is 2. The van der Waals surface area contributed by atoms with Crippen LogP contribution < -0.4 is 16.4 Å². The van der Waals surface area contributed by atoms with E-state index in [1.54, 1.807) is 0 Å². The zero-order valence-electron chi connectivity index (χ0n) is 26.7. The van der Waals surface area contributed by atoms with Crippen LogP contribution in [-0.2, 0) is 50.7 Å². The summed E-state index contributed by atoms with van der Waals surface area (Å²) in [7, 11) is -16.4. The molecule has 0 spiro atoms. The van der Waals surface area contributed by atoms with Crippen LogP contribution in [0.5, 0.6) is 0 Å². The quantitative estimate of drug-likeness (QED) is 0.0724. The number of rotatable bonds is 19. The Morgan fingerprint density at radius 1 is 1.04 bits per heavy atom. The Hall–Kier alpha value is -2.79. The van der Waals surface area contributed by atoms with Gasteiger partial charge in [0, 0.05) is 31.3 Å². The monoisotopic (exact) mass is 777 g/mol. The number of nitrogens with zero attached hydrogens (tertiary/aromatic N) is 4. The van der Waals surface area contributed by atoms with E-state index in [2.05, 4.69) is 34.4 Å². The van der Waals surface area contributed by atoms with Crippen molar-refractivity contribution in [3.63, 3.8) is 0 Å². The van der Waals surface area contributed by atoms with Crippen LogP contribution in [0.25, 0.3) is 11.2 Å². The summed E-state index contributed by atoms with van der Waals surface area (Å²) in [6.45, 7) is 1.74.